The first-order valence-corrected chi connectivity index (χ1v) is 11.2. The van der Waals surface area contributed by atoms with Gasteiger partial charge in [-0.15, -0.1) is 0 Å². The van der Waals surface area contributed by atoms with Crippen molar-refractivity contribution in [3.8, 4) is 17.1 Å². The SMILES string of the molecule is CCN(CCNc1nc(-c2ccccc2O)nc2ccc(F)cc12)C(=O)CCCC(C)C. The second-order valence-corrected chi connectivity index (χ2v) is 8.26. The molecule has 2 N–H and O–H groups in total. The number of phenolic OH excluding ortho intramolecular Hbond substituents is 1. The van der Waals surface area contributed by atoms with Crippen molar-refractivity contribution >= 4 is 22.6 Å². The summed E-state index contributed by atoms with van der Waals surface area (Å²) in [6.07, 6.45) is 2.47. The number of anilines is 1. The van der Waals surface area contributed by atoms with E-state index in [2.05, 4.69) is 29.1 Å². The summed E-state index contributed by atoms with van der Waals surface area (Å²) in [6, 6.07) is 11.2. The Kier molecular flexibility index (Phi) is 7.98. The average Bonchev–Trinajstić information content (AvgIpc) is 2.76. The molecule has 0 bridgehead atoms. The first-order valence-electron chi connectivity index (χ1n) is 11.2. The molecular weight excluding hydrogens is 407 g/mol. The number of hydrogen-bond acceptors (Lipinski definition) is 5. The standard InChI is InChI=1S/C25H31FN4O2/c1-4-30(23(32)11-7-8-17(2)3)15-14-27-24-20-16-18(26)12-13-21(20)28-25(29-24)19-9-5-6-10-22(19)31/h5-6,9-10,12-13,16-17,31H,4,7-8,11,14-15H2,1-3H3,(H,27,28,29). The zero-order valence-corrected chi connectivity index (χ0v) is 18.9. The van der Waals surface area contributed by atoms with Gasteiger partial charge in [-0.2, -0.15) is 0 Å². The van der Waals surface area contributed by atoms with E-state index in [-0.39, 0.29) is 17.5 Å². The van der Waals surface area contributed by atoms with E-state index in [4.69, 9.17) is 0 Å². The van der Waals surface area contributed by atoms with Gasteiger partial charge in [0.05, 0.1) is 11.1 Å². The third-order valence-electron chi connectivity index (χ3n) is 5.38. The number of nitrogens with one attached hydrogen (secondary N) is 1. The molecule has 0 aliphatic rings. The summed E-state index contributed by atoms with van der Waals surface area (Å²) in [4.78, 5) is 23.4. The predicted octanol–water partition coefficient (Wildman–Crippen LogP) is 5.23. The molecule has 0 radical (unpaired) electrons. The van der Waals surface area contributed by atoms with Gasteiger partial charge >= 0.3 is 0 Å². The molecule has 2 aromatic carbocycles. The fourth-order valence-corrected chi connectivity index (χ4v) is 3.61. The number of halogens is 1. The van der Waals surface area contributed by atoms with Gasteiger partial charge < -0.3 is 15.3 Å². The molecule has 0 saturated heterocycles. The van der Waals surface area contributed by atoms with Crippen molar-refractivity contribution in [2.45, 2.75) is 40.0 Å². The Bertz CT molecular complexity index is 1070. The molecular formula is C25H31FN4O2. The molecule has 0 fully saturated rings. The van der Waals surface area contributed by atoms with Gasteiger partial charge in [-0.3, -0.25) is 4.79 Å². The summed E-state index contributed by atoms with van der Waals surface area (Å²) in [5, 5.41) is 14.0. The van der Waals surface area contributed by atoms with Crippen LogP contribution >= 0.6 is 0 Å². The van der Waals surface area contributed by atoms with E-state index in [0.29, 0.717) is 60.1 Å². The van der Waals surface area contributed by atoms with Gasteiger partial charge in [0.1, 0.15) is 17.4 Å². The van der Waals surface area contributed by atoms with Crippen LogP contribution in [0.25, 0.3) is 22.3 Å². The number of likely N-dealkylation sites (N-methyl/N-ethyl adjacent to an activating group) is 1. The lowest BCUT2D eigenvalue weighted by molar-refractivity contribution is -0.131. The highest BCUT2D eigenvalue weighted by molar-refractivity contribution is 5.91. The summed E-state index contributed by atoms with van der Waals surface area (Å²) >= 11 is 0. The molecule has 1 aromatic heterocycles. The smallest absolute Gasteiger partial charge is 0.222 e. The molecule has 0 unspecified atom stereocenters. The predicted molar refractivity (Wildman–Crippen MR) is 126 cm³/mol. The van der Waals surface area contributed by atoms with Crippen molar-refractivity contribution < 1.29 is 14.3 Å². The van der Waals surface area contributed by atoms with Gasteiger partial charge in [-0.25, -0.2) is 14.4 Å². The van der Waals surface area contributed by atoms with Gasteiger partial charge in [-0.05, 0) is 49.6 Å². The van der Waals surface area contributed by atoms with Crippen LogP contribution in [0.2, 0.25) is 0 Å². The Labute approximate surface area is 188 Å². The number of aromatic nitrogens is 2. The van der Waals surface area contributed by atoms with Gasteiger partial charge in [-0.1, -0.05) is 32.4 Å². The maximum absolute atomic E-state index is 13.9. The van der Waals surface area contributed by atoms with Gasteiger partial charge in [0.2, 0.25) is 5.91 Å². The number of carbonyl (C=O) groups is 1. The fraction of sp³-hybridized carbons (Fsp3) is 0.400. The van der Waals surface area contributed by atoms with E-state index in [9.17, 15) is 14.3 Å². The van der Waals surface area contributed by atoms with Crippen LogP contribution in [0.3, 0.4) is 0 Å². The number of carbonyl (C=O) groups excluding carboxylic acids is 1. The maximum Gasteiger partial charge on any atom is 0.222 e. The zero-order valence-electron chi connectivity index (χ0n) is 18.9. The van der Waals surface area contributed by atoms with E-state index >= 15 is 0 Å². The molecule has 3 aromatic rings. The number of hydrogen-bond donors (Lipinski definition) is 2. The van der Waals surface area contributed by atoms with Crippen LogP contribution in [-0.2, 0) is 4.79 Å². The largest absolute Gasteiger partial charge is 0.507 e. The molecule has 6 nitrogen and oxygen atoms in total. The topological polar surface area (TPSA) is 78.3 Å². The molecule has 170 valence electrons. The number of phenols is 1. The molecule has 0 spiro atoms. The lowest BCUT2D eigenvalue weighted by Crippen LogP contribution is -2.34. The average molecular weight is 439 g/mol. The Balaban J connectivity index is 1.77. The fourth-order valence-electron chi connectivity index (χ4n) is 3.61. The van der Waals surface area contributed by atoms with E-state index < -0.39 is 0 Å². The van der Waals surface area contributed by atoms with Crippen LogP contribution in [0.4, 0.5) is 10.2 Å². The van der Waals surface area contributed by atoms with Crippen LogP contribution in [0, 0.1) is 11.7 Å². The highest BCUT2D eigenvalue weighted by Gasteiger charge is 2.15. The van der Waals surface area contributed by atoms with Crippen LogP contribution in [-0.4, -0.2) is 45.5 Å². The molecule has 0 aliphatic carbocycles. The van der Waals surface area contributed by atoms with Crippen molar-refractivity contribution in [2.24, 2.45) is 5.92 Å². The molecule has 7 heteroatoms. The molecule has 0 atom stereocenters. The Morgan fingerprint density at radius 1 is 1.19 bits per heavy atom. The lowest BCUT2D eigenvalue weighted by atomic mass is 10.1. The molecule has 1 heterocycles. The number of rotatable bonds is 10. The Morgan fingerprint density at radius 2 is 1.97 bits per heavy atom. The monoisotopic (exact) mass is 438 g/mol. The molecule has 1 amide bonds. The summed E-state index contributed by atoms with van der Waals surface area (Å²) in [5.74, 6) is 1.24. The molecule has 3 rings (SSSR count). The number of aromatic hydroxyl groups is 1. The van der Waals surface area contributed by atoms with Crippen molar-refractivity contribution in [2.75, 3.05) is 25.0 Å². The number of para-hydroxylation sites is 1. The normalized spacial score (nSPS) is 11.2. The van der Waals surface area contributed by atoms with Crippen LogP contribution < -0.4 is 5.32 Å². The van der Waals surface area contributed by atoms with Gasteiger partial charge in [0.25, 0.3) is 0 Å². The van der Waals surface area contributed by atoms with Gasteiger partial charge in [0, 0.05) is 31.4 Å². The quantitative estimate of drug-likeness (QED) is 0.453. The minimum Gasteiger partial charge on any atom is -0.507 e. The van der Waals surface area contributed by atoms with Crippen molar-refractivity contribution in [3.63, 3.8) is 0 Å². The number of amides is 1. The number of benzene rings is 2. The third kappa shape index (κ3) is 5.93. The van der Waals surface area contributed by atoms with Crippen molar-refractivity contribution in [1.29, 1.82) is 0 Å². The van der Waals surface area contributed by atoms with E-state index in [1.807, 2.05) is 11.8 Å². The summed E-state index contributed by atoms with van der Waals surface area (Å²) in [6.45, 7) is 7.89. The van der Waals surface area contributed by atoms with Crippen LogP contribution in [0.1, 0.15) is 40.0 Å². The first kappa shape index (κ1) is 23.4. The second kappa shape index (κ2) is 10.9. The molecule has 0 saturated carbocycles. The highest BCUT2D eigenvalue weighted by atomic mass is 19.1. The summed E-state index contributed by atoms with van der Waals surface area (Å²) in [5.41, 5.74) is 1.07. The van der Waals surface area contributed by atoms with Crippen LogP contribution in [0.5, 0.6) is 5.75 Å². The lowest BCUT2D eigenvalue weighted by Gasteiger charge is -2.22. The first-order chi connectivity index (χ1) is 15.4. The summed E-state index contributed by atoms with van der Waals surface area (Å²) < 4.78 is 13.9. The minimum absolute atomic E-state index is 0.0732. The second-order valence-electron chi connectivity index (χ2n) is 8.26. The molecule has 0 aliphatic heterocycles. The maximum atomic E-state index is 13.9. The van der Waals surface area contributed by atoms with E-state index in [0.717, 1.165) is 12.8 Å². The number of fused-ring (bicyclic) bond motifs is 1. The zero-order chi connectivity index (χ0) is 23.1. The Hall–Kier alpha value is -3.22. The third-order valence-corrected chi connectivity index (χ3v) is 5.38. The highest BCUT2D eigenvalue weighted by Crippen LogP contribution is 2.30. The van der Waals surface area contributed by atoms with Crippen molar-refractivity contribution in [3.05, 3.63) is 48.3 Å². The molecule has 32 heavy (non-hydrogen) atoms. The Morgan fingerprint density at radius 3 is 2.69 bits per heavy atom. The summed E-state index contributed by atoms with van der Waals surface area (Å²) in [7, 11) is 0. The minimum atomic E-state index is -0.380. The van der Waals surface area contributed by atoms with E-state index in [1.54, 1.807) is 30.3 Å². The van der Waals surface area contributed by atoms with Crippen molar-refractivity contribution in [1.82, 2.24) is 14.9 Å². The van der Waals surface area contributed by atoms with Gasteiger partial charge in [0.15, 0.2) is 5.82 Å². The number of nitrogens with zero attached hydrogens (tertiary/aromatic N) is 3. The van der Waals surface area contributed by atoms with E-state index in [1.165, 1.54) is 12.1 Å². The van der Waals surface area contributed by atoms with Crippen LogP contribution in [0.15, 0.2) is 42.5 Å².